The van der Waals surface area contributed by atoms with Gasteiger partial charge in [0.1, 0.15) is 11.6 Å². The van der Waals surface area contributed by atoms with Crippen molar-refractivity contribution in [1.82, 2.24) is 19.5 Å². The summed E-state index contributed by atoms with van der Waals surface area (Å²) in [6.07, 6.45) is 3.08. The van der Waals surface area contributed by atoms with Crippen LogP contribution in [0.2, 0.25) is 0 Å². The second-order valence-electron chi connectivity index (χ2n) is 7.01. The minimum Gasteiger partial charge on any atom is -0.424 e. The lowest BCUT2D eigenvalue weighted by molar-refractivity contribution is 0.155. The number of aliphatic hydroxyl groups excluding tert-OH is 2. The molecule has 2 heterocycles. The molecule has 0 radical (unpaired) electrons. The molecule has 0 fully saturated rings. The number of benzene rings is 2. The number of halogens is 1. The standard InChI is InChI=1S/C23H21FN4O3/c1-15-2-8-19(9-3-15)31-23-25-11-10-20(27-23)22-21(16-4-6-17(24)7-5-16)26-14-28(22)18(12-29)13-30/h2-11,14,18,29-30H,12-13H2,1H3. The minimum atomic E-state index is -0.617. The molecule has 0 aliphatic carbocycles. The second-order valence-corrected chi connectivity index (χ2v) is 7.01. The third-order valence-corrected chi connectivity index (χ3v) is 4.83. The lowest BCUT2D eigenvalue weighted by Crippen LogP contribution is -2.17. The maximum atomic E-state index is 13.4. The van der Waals surface area contributed by atoms with Gasteiger partial charge in [0.05, 0.1) is 42.7 Å². The average Bonchev–Trinajstić information content (AvgIpc) is 3.22. The van der Waals surface area contributed by atoms with E-state index in [0.717, 1.165) is 5.56 Å². The predicted molar refractivity (Wildman–Crippen MR) is 113 cm³/mol. The highest BCUT2D eigenvalue weighted by Gasteiger charge is 2.21. The van der Waals surface area contributed by atoms with Crippen LogP contribution < -0.4 is 4.74 Å². The van der Waals surface area contributed by atoms with Gasteiger partial charge in [0.15, 0.2) is 0 Å². The second kappa shape index (κ2) is 9.03. The van der Waals surface area contributed by atoms with Crippen molar-refractivity contribution in [3.8, 4) is 34.4 Å². The summed E-state index contributed by atoms with van der Waals surface area (Å²) >= 11 is 0. The summed E-state index contributed by atoms with van der Waals surface area (Å²) in [5.74, 6) is 0.239. The molecular formula is C23H21FN4O3. The van der Waals surface area contributed by atoms with E-state index < -0.39 is 6.04 Å². The highest BCUT2D eigenvalue weighted by Crippen LogP contribution is 2.33. The van der Waals surface area contributed by atoms with E-state index in [1.54, 1.807) is 29.0 Å². The number of hydrogen-bond acceptors (Lipinski definition) is 6. The topological polar surface area (TPSA) is 93.3 Å². The Bertz CT molecular complexity index is 1160. The van der Waals surface area contributed by atoms with Gasteiger partial charge in [-0.3, -0.25) is 0 Å². The van der Waals surface area contributed by atoms with Crippen LogP contribution in [0, 0.1) is 12.7 Å². The number of imidazole rings is 1. The third-order valence-electron chi connectivity index (χ3n) is 4.83. The van der Waals surface area contributed by atoms with E-state index in [-0.39, 0.29) is 25.0 Å². The summed E-state index contributed by atoms with van der Waals surface area (Å²) in [4.78, 5) is 13.2. The molecule has 0 saturated heterocycles. The Kier molecular flexibility index (Phi) is 6.01. The normalized spacial score (nSPS) is 11.1. The monoisotopic (exact) mass is 420 g/mol. The van der Waals surface area contributed by atoms with Gasteiger partial charge in [-0.25, -0.2) is 14.4 Å². The van der Waals surface area contributed by atoms with Gasteiger partial charge in [-0.15, -0.1) is 0 Å². The van der Waals surface area contributed by atoms with Crippen molar-refractivity contribution in [2.24, 2.45) is 0 Å². The smallest absolute Gasteiger partial charge is 0.322 e. The number of aliphatic hydroxyl groups is 2. The van der Waals surface area contributed by atoms with Gasteiger partial charge in [-0.1, -0.05) is 17.7 Å². The molecule has 0 saturated carbocycles. The number of aryl methyl sites for hydroxylation is 1. The molecule has 0 aliphatic heterocycles. The molecular weight excluding hydrogens is 399 g/mol. The first-order valence-corrected chi connectivity index (χ1v) is 9.71. The summed E-state index contributed by atoms with van der Waals surface area (Å²) in [5, 5.41) is 19.4. The van der Waals surface area contributed by atoms with E-state index in [1.165, 1.54) is 18.5 Å². The van der Waals surface area contributed by atoms with E-state index in [9.17, 15) is 14.6 Å². The van der Waals surface area contributed by atoms with Crippen LogP contribution in [0.15, 0.2) is 67.1 Å². The molecule has 8 heteroatoms. The number of rotatable bonds is 7. The zero-order chi connectivity index (χ0) is 21.8. The molecule has 0 unspecified atom stereocenters. The number of hydrogen-bond donors (Lipinski definition) is 2. The molecule has 0 atom stereocenters. The highest BCUT2D eigenvalue weighted by molar-refractivity contribution is 5.77. The van der Waals surface area contributed by atoms with Crippen LogP contribution in [-0.2, 0) is 0 Å². The summed E-state index contributed by atoms with van der Waals surface area (Å²) in [6.45, 7) is 1.40. The Balaban J connectivity index is 1.79. The first-order chi connectivity index (χ1) is 15.1. The van der Waals surface area contributed by atoms with Crippen molar-refractivity contribution >= 4 is 0 Å². The van der Waals surface area contributed by atoms with E-state index in [4.69, 9.17) is 4.74 Å². The van der Waals surface area contributed by atoms with Crippen LogP contribution >= 0.6 is 0 Å². The molecule has 0 bridgehead atoms. The average molecular weight is 420 g/mol. The first kappa shape index (κ1) is 20.6. The van der Waals surface area contributed by atoms with Crippen LogP contribution in [0.25, 0.3) is 22.6 Å². The van der Waals surface area contributed by atoms with Gasteiger partial charge < -0.3 is 19.5 Å². The van der Waals surface area contributed by atoms with E-state index >= 15 is 0 Å². The van der Waals surface area contributed by atoms with Crippen LogP contribution in [0.1, 0.15) is 11.6 Å². The zero-order valence-electron chi connectivity index (χ0n) is 16.8. The van der Waals surface area contributed by atoms with Crippen molar-refractivity contribution in [2.45, 2.75) is 13.0 Å². The lowest BCUT2D eigenvalue weighted by atomic mass is 10.1. The molecule has 31 heavy (non-hydrogen) atoms. The molecule has 0 amide bonds. The van der Waals surface area contributed by atoms with Crippen LogP contribution in [-0.4, -0.2) is 42.9 Å². The summed E-state index contributed by atoms with van der Waals surface area (Å²) in [7, 11) is 0. The van der Waals surface area contributed by atoms with Crippen LogP contribution in [0.3, 0.4) is 0 Å². The maximum Gasteiger partial charge on any atom is 0.322 e. The van der Waals surface area contributed by atoms with Crippen molar-refractivity contribution in [3.63, 3.8) is 0 Å². The SMILES string of the molecule is Cc1ccc(Oc2nccc(-c3c(-c4ccc(F)cc4)ncn3C(CO)CO)n2)cc1. The molecule has 0 aliphatic rings. The fourth-order valence-corrected chi connectivity index (χ4v) is 3.18. The number of aromatic nitrogens is 4. The van der Waals surface area contributed by atoms with Crippen molar-refractivity contribution in [3.05, 3.63) is 78.5 Å². The Morgan fingerprint density at radius 2 is 1.68 bits per heavy atom. The van der Waals surface area contributed by atoms with Crippen molar-refractivity contribution < 1.29 is 19.3 Å². The predicted octanol–water partition coefficient (Wildman–Crippen LogP) is 3.77. The van der Waals surface area contributed by atoms with Gasteiger partial charge in [0.25, 0.3) is 0 Å². The third kappa shape index (κ3) is 4.45. The fraction of sp³-hybridized carbons (Fsp3) is 0.174. The van der Waals surface area contributed by atoms with Crippen molar-refractivity contribution in [1.29, 1.82) is 0 Å². The first-order valence-electron chi connectivity index (χ1n) is 9.71. The Morgan fingerprint density at radius 1 is 0.968 bits per heavy atom. The van der Waals surface area contributed by atoms with Crippen molar-refractivity contribution in [2.75, 3.05) is 13.2 Å². The zero-order valence-corrected chi connectivity index (χ0v) is 16.8. The van der Waals surface area contributed by atoms with Crippen LogP contribution in [0.5, 0.6) is 11.8 Å². The van der Waals surface area contributed by atoms with Gasteiger partial charge in [-0.05, 0) is 49.4 Å². The molecule has 7 nitrogen and oxygen atoms in total. The Hall–Kier alpha value is -3.62. The summed E-state index contributed by atoms with van der Waals surface area (Å²) in [5.41, 5.74) is 3.35. The Labute approximate surface area is 178 Å². The van der Waals surface area contributed by atoms with Gasteiger partial charge in [-0.2, -0.15) is 4.98 Å². The number of ether oxygens (including phenoxy) is 1. The molecule has 0 spiro atoms. The maximum absolute atomic E-state index is 13.4. The lowest BCUT2D eigenvalue weighted by Gasteiger charge is -2.17. The summed E-state index contributed by atoms with van der Waals surface area (Å²) < 4.78 is 20.9. The minimum absolute atomic E-state index is 0.142. The van der Waals surface area contributed by atoms with Gasteiger partial charge >= 0.3 is 6.01 Å². The van der Waals surface area contributed by atoms with Crippen LogP contribution in [0.4, 0.5) is 4.39 Å². The largest absolute Gasteiger partial charge is 0.424 e. The van der Waals surface area contributed by atoms with E-state index in [2.05, 4.69) is 15.0 Å². The van der Waals surface area contributed by atoms with E-state index in [0.29, 0.717) is 28.4 Å². The van der Waals surface area contributed by atoms with Gasteiger partial charge in [0, 0.05) is 11.8 Å². The highest BCUT2D eigenvalue weighted by atomic mass is 19.1. The molecule has 2 N–H and O–H groups in total. The molecule has 2 aromatic heterocycles. The molecule has 158 valence electrons. The number of nitrogens with zero attached hydrogens (tertiary/aromatic N) is 4. The molecule has 2 aromatic carbocycles. The quantitative estimate of drug-likeness (QED) is 0.473. The van der Waals surface area contributed by atoms with Gasteiger partial charge in [0.2, 0.25) is 0 Å². The molecule has 4 aromatic rings. The molecule has 4 rings (SSSR count). The Morgan fingerprint density at radius 3 is 2.35 bits per heavy atom. The van der Waals surface area contributed by atoms with E-state index in [1.807, 2.05) is 31.2 Å². The summed E-state index contributed by atoms with van der Waals surface area (Å²) in [6, 6.07) is 14.6. The fourth-order valence-electron chi connectivity index (χ4n) is 3.18.